The van der Waals surface area contributed by atoms with E-state index in [9.17, 15) is 14.4 Å². The van der Waals surface area contributed by atoms with Crippen LogP contribution in [-0.4, -0.2) is 40.2 Å². The highest BCUT2D eigenvalue weighted by atomic mass is 16.6. The lowest BCUT2D eigenvalue weighted by molar-refractivity contribution is -0.207. The molecule has 39 heavy (non-hydrogen) atoms. The molecule has 0 radical (unpaired) electrons. The van der Waals surface area contributed by atoms with E-state index in [1.807, 2.05) is 85.8 Å². The van der Waals surface area contributed by atoms with E-state index in [0.29, 0.717) is 16.3 Å². The molecule has 8 heteroatoms. The van der Waals surface area contributed by atoms with Crippen LogP contribution in [0.2, 0.25) is 0 Å². The van der Waals surface area contributed by atoms with Crippen molar-refractivity contribution in [3.63, 3.8) is 0 Å². The summed E-state index contributed by atoms with van der Waals surface area (Å²) in [6.07, 6.45) is -2.00. The summed E-state index contributed by atoms with van der Waals surface area (Å²) in [5.41, 5.74) is 8.29. The summed E-state index contributed by atoms with van der Waals surface area (Å²) >= 11 is 0. The molecule has 0 unspecified atom stereocenters. The molecule has 3 amide bonds. The smallest absolute Gasteiger partial charge is 0.436 e. The van der Waals surface area contributed by atoms with Gasteiger partial charge in [0, 0.05) is 0 Å². The molecule has 4 aromatic rings. The van der Waals surface area contributed by atoms with Gasteiger partial charge in [-0.25, -0.2) is 4.79 Å². The maximum Gasteiger partial charge on any atom is 0.436 e. The van der Waals surface area contributed by atoms with E-state index in [4.69, 9.17) is 15.2 Å². The average Bonchev–Trinajstić information content (AvgIpc) is 2.94. The largest absolute Gasteiger partial charge is 0.467 e. The van der Waals surface area contributed by atoms with E-state index in [1.165, 1.54) is 6.92 Å². The number of hydrazine groups is 1. The molecule has 0 spiro atoms. The van der Waals surface area contributed by atoms with Crippen molar-refractivity contribution in [3.05, 3.63) is 114 Å². The average molecular weight is 524 g/mol. The Balaban J connectivity index is 1.50. The number of β-lactam (4-membered cyclic amide) rings is 1. The van der Waals surface area contributed by atoms with Gasteiger partial charge in [-0.3, -0.25) is 9.59 Å². The van der Waals surface area contributed by atoms with Crippen LogP contribution in [0, 0.1) is 6.92 Å². The molecule has 0 bridgehead atoms. The number of rotatable bonds is 7. The molecule has 8 nitrogen and oxygen atoms in total. The number of nitrogens with two attached hydrogens (primary N) is 1. The Morgan fingerprint density at radius 1 is 0.923 bits per heavy atom. The number of amides is 3. The minimum Gasteiger partial charge on any atom is -0.467 e. The summed E-state index contributed by atoms with van der Waals surface area (Å²) < 4.78 is 11.7. The van der Waals surface area contributed by atoms with Crippen LogP contribution in [0.25, 0.3) is 10.8 Å². The molecule has 1 aliphatic heterocycles. The van der Waals surface area contributed by atoms with Gasteiger partial charge >= 0.3 is 6.09 Å². The monoisotopic (exact) mass is 523 g/mol. The van der Waals surface area contributed by atoms with E-state index in [0.717, 1.165) is 26.9 Å². The fourth-order valence-corrected chi connectivity index (χ4v) is 4.57. The third-order valence-corrected chi connectivity index (χ3v) is 6.59. The summed E-state index contributed by atoms with van der Waals surface area (Å²) in [5.74, 6) is -1.53. The van der Waals surface area contributed by atoms with Crippen molar-refractivity contribution in [2.75, 3.05) is 0 Å². The van der Waals surface area contributed by atoms with Crippen molar-refractivity contribution in [2.45, 2.75) is 38.6 Å². The van der Waals surface area contributed by atoms with Gasteiger partial charge in [0.15, 0.2) is 0 Å². The van der Waals surface area contributed by atoms with Gasteiger partial charge in [-0.2, -0.15) is 5.01 Å². The molecule has 5 rings (SSSR count). The first-order valence-electron chi connectivity index (χ1n) is 12.7. The minimum atomic E-state index is -1.07. The lowest BCUT2D eigenvalue weighted by Gasteiger charge is -2.49. The van der Waals surface area contributed by atoms with Gasteiger partial charge in [0.1, 0.15) is 18.3 Å². The van der Waals surface area contributed by atoms with Crippen LogP contribution in [0.1, 0.15) is 29.5 Å². The first-order valence-corrected chi connectivity index (χ1v) is 12.7. The van der Waals surface area contributed by atoms with Crippen LogP contribution in [0.3, 0.4) is 0 Å². The van der Waals surface area contributed by atoms with Gasteiger partial charge < -0.3 is 15.2 Å². The van der Waals surface area contributed by atoms with E-state index in [-0.39, 0.29) is 6.61 Å². The SMILES string of the molecule is Cc1cccc(O[C@@H]2[C@H](c3ccc4ccccc4c3)C(=O)N2N(C(=O)OCc2ccccc2)C(=O)[C@H](C)N)c1. The summed E-state index contributed by atoms with van der Waals surface area (Å²) in [5, 5.41) is 3.68. The van der Waals surface area contributed by atoms with Crippen LogP contribution < -0.4 is 10.5 Å². The number of carbonyl (C=O) groups is 3. The molecule has 0 aliphatic carbocycles. The van der Waals surface area contributed by atoms with Gasteiger partial charge in [-0.1, -0.05) is 84.9 Å². The molecule has 4 aromatic carbocycles. The van der Waals surface area contributed by atoms with Crippen molar-refractivity contribution in [1.82, 2.24) is 10.0 Å². The highest BCUT2D eigenvalue weighted by Crippen LogP contribution is 2.40. The quantitative estimate of drug-likeness (QED) is 0.346. The molecule has 198 valence electrons. The summed E-state index contributed by atoms with van der Waals surface area (Å²) in [6.45, 7) is 3.29. The minimum absolute atomic E-state index is 0.0814. The molecule has 3 atom stereocenters. The van der Waals surface area contributed by atoms with Gasteiger partial charge in [-0.05, 0) is 53.4 Å². The van der Waals surface area contributed by atoms with Crippen LogP contribution in [0.15, 0.2) is 97.1 Å². The predicted octanol–water partition coefficient (Wildman–Crippen LogP) is 4.91. The van der Waals surface area contributed by atoms with Crippen LogP contribution in [0.4, 0.5) is 4.79 Å². The molecular weight excluding hydrogens is 494 g/mol. The second-order valence-corrected chi connectivity index (χ2v) is 9.57. The highest BCUT2D eigenvalue weighted by Gasteiger charge is 2.56. The Morgan fingerprint density at radius 2 is 1.64 bits per heavy atom. The Hall–Kier alpha value is -4.69. The lowest BCUT2D eigenvalue weighted by Crippen LogP contribution is -2.71. The summed E-state index contributed by atoms with van der Waals surface area (Å²) in [6, 6.07) is 28.9. The number of carbonyl (C=O) groups excluding carboxylic acids is 3. The number of ether oxygens (including phenoxy) is 2. The first kappa shape index (κ1) is 25.9. The predicted molar refractivity (Wildman–Crippen MR) is 146 cm³/mol. The fraction of sp³-hybridized carbons (Fsp3) is 0.194. The molecule has 0 aromatic heterocycles. The molecule has 1 fully saturated rings. The summed E-state index contributed by atoms with van der Waals surface area (Å²) in [4.78, 5) is 40.2. The topological polar surface area (TPSA) is 102 Å². The van der Waals surface area contributed by atoms with E-state index in [2.05, 4.69) is 0 Å². The molecule has 1 saturated heterocycles. The zero-order valence-electron chi connectivity index (χ0n) is 21.7. The van der Waals surface area contributed by atoms with Crippen LogP contribution in [-0.2, 0) is 20.9 Å². The van der Waals surface area contributed by atoms with Crippen molar-refractivity contribution < 1.29 is 23.9 Å². The van der Waals surface area contributed by atoms with Crippen molar-refractivity contribution >= 4 is 28.7 Å². The van der Waals surface area contributed by atoms with Crippen LogP contribution >= 0.6 is 0 Å². The van der Waals surface area contributed by atoms with Gasteiger partial charge in [0.2, 0.25) is 6.23 Å². The molecule has 0 saturated carbocycles. The highest BCUT2D eigenvalue weighted by molar-refractivity contribution is 6.00. The van der Waals surface area contributed by atoms with Gasteiger partial charge in [-0.15, -0.1) is 5.01 Å². The second-order valence-electron chi connectivity index (χ2n) is 9.57. The Morgan fingerprint density at radius 3 is 2.36 bits per heavy atom. The zero-order valence-corrected chi connectivity index (χ0v) is 21.7. The van der Waals surface area contributed by atoms with Crippen LogP contribution in [0.5, 0.6) is 5.75 Å². The fourth-order valence-electron chi connectivity index (χ4n) is 4.57. The van der Waals surface area contributed by atoms with Gasteiger partial charge in [0.05, 0.1) is 6.04 Å². The van der Waals surface area contributed by atoms with E-state index >= 15 is 0 Å². The van der Waals surface area contributed by atoms with Crippen molar-refractivity contribution in [1.29, 1.82) is 0 Å². The van der Waals surface area contributed by atoms with E-state index < -0.39 is 36.1 Å². The number of nitrogens with zero attached hydrogens (tertiary/aromatic N) is 2. The number of aryl methyl sites for hydroxylation is 1. The second kappa shape index (κ2) is 11.0. The lowest BCUT2D eigenvalue weighted by atomic mass is 9.87. The molecule has 1 heterocycles. The Labute approximate surface area is 226 Å². The normalized spacial score (nSPS) is 17.3. The third-order valence-electron chi connectivity index (χ3n) is 6.59. The Bertz CT molecular complexity index is 1520. The van der Waals surface area contributed by atoms with Gasteiger partial charge in [0.25, 0.3) is 11.8 Å². The summed E-state index contributed by atoms with van der Waals surface area (Å²) in [7, 11) is 0. The molecular formula is C31H29N3O5. The van der Waals surface area contributed by atoms with E-state index in [1.54, 1.807) is 18.2 Å². The maximum atomic E-state index is 13.7. The Kier molecular flexibility index (Phi) is 7.29. The number of imide groups is 1. The maximum absolute atomic E-state index is 13.7. The van der Waals surface area contributed by atoms with Crippen molar-refractivity contribution in [2.24, 2.45) is 5.73 Å². The first-order chi connectivity index (χ1) is 18.8. The number of fused-ring (bicyclic) bond motifs is 1. The standard InChI is InChI=1S/C31H29N3O5/c1-20-9-8-14-26(17-20)39-30-27(25-16-15-23-12-6-7-13-24(23)18-25)29(36)33(30)34(28(35)21(2)32)31(37)38-19-22-10-4-3-5-11-22/h3-18,21,27,30H,19,32H2,1-2H3/t21-,27+,30+/m0/s1. The zero-order chi connectivity index (χ0) is 27.5. The third kappa shape index (κ3) is 5.32. The number of hydrogen-bond acceptors (Lipinski definition) is 6. The number of hydrogen-bond donors (Lipinski definition) is 1. The van der Waals surface area contributed by atoms with Crippen molar-refractivity contribution in [3.8, 4) is 5.75 Å². The number of benzene rings is 4. The molecule has 2 N–H and O–H groups in total. The molecule has 1 aliphatic rings.